The molecule has 2 aromatic rings. The van der Waals surface area contributed by atoms with E-state index in [1.807, 2.05) is 19.9 Å². The Labute approximate surface area is 230 Å². The van der Waals surface area contributed by atoms with Gasteiger partial charge in [-0.15, -0.1) is 0 Å². The topological polar surface area (TPSA) is 122 Å². The molecule has 220 valence electrons. The van der Waals surface area contributed by atoms with Gasteiger partial charge in [-0.05, 0) is 42.9 Å². The minimum Gasteiger partial charge on any atom is -0.386 e. The predicted octanol–water partition coefficient (Wildman–Crippen LogP) is 3.62. The number of aromatic nitrogens is 1. The Balaban J connectivity index is 2.44. The summed E-state index contributed by atoms with van der Waals surface area (Å²) >= 11 is 0. The number of halogens is 2. The molecule has 0 saturated carbocycles. The molecule has 1 amide bonds. The van der Waals surface area contributed by atoms with Gasteiger partial charge < -0.3 is 14.9 Å². The summed E-state index contributed by atoms with van der Waals surface area (Å²) < 4.78 is 62.6. The van der Waals surface area contributed by atoms with Gasteiger partial charge in [0.25, 0.3) is 0 Å². The number of benzene rings is 1. The van der Waals surface area contributed by atoms with Crippen LogP contribution in [0.3, 0.4) is 0 Å². The minimum atomic E-state index is -4.36. The van der Waals surface area contributed by atoms with Crippen LogP contribution in [0.25, 0.3) is 0 Å². The number of rotatable bonds is 17. The lowest BCUT2D eigenvalue weighted by Gasteiger charge is -2.44. The van der Waals surface area contributed by atoms with Crippen LogP contribution >= 0.6 is 0 Å². The average Bonchev–Trinajstić information content (AvgIpc) is 3.27. The molecule has 3 N–H and O–H groups in total. The Kier molecular flexibility index (Phi) is 12.5. The second kappa shape index (κ2) is 14.8. The van der Waals surface area contributed by atoms with Crippen LogP contribution in [0.4, 0.5) is 8.78 Å². The maximum Gasteiger partial charge on any atom is 0.396 e. The van der Waals surface area contributed by atoms with Crippen molar-refractivity contribution in [3.63, 3.8) is 0 Å². The third-order valence-electron chi connectivity index (χ3n) is 6.54. The van der Waals surface area contributed by atoms with Gasteiger partial charge in [0.1, 0.15) is 23.8 Å². The highest BCUT2D eigenvalue weighted by atomic mass is 32.2. The largest absolute Gasteiger partial charge is 0.396 e. The molecule has 2 atom stereocenters. The Morgan fingerprint density at radius 3 is 2.21 bits per heavy atom. The molecule has 1 heterocycles. The van der Waals surface area contributed by atoms with Crippen LogP contribution in [0.15, 0.2) is 28.8 Å². The lowest BCUT2D eigenvalue weighted by atomic mass is 9.98. The number of aliphatic hydroxyl groups is 1. The first-order valence-electron chi connectivity index (χ1n) is 13.6. The van der Waals surface area contributed by atoms with Crippen LogP contribution < -0.4 is 10.0 Å². The molecule has 0 saturated heterocycles. The summed E-state index contributed by atoms with van der Waals surface area (Å²) in [7, 11) is -4.36. The van der Waals surface area contributed by atoms with Crippen molar-refractivity contribution in [1.29, 1.82) is 0 Å². The van der Waals surface area contributed by atoms with Crippen LogP contribution in [-0.2, 0) is 34.4 Å². The summed E-state index contributed by atoms with van der Waals surface area (Å²) in [5, 5.41) is 18.6. The number of nitrogens with one attached hydrogen (secondary N) is 2. The molecule has 0 aliphatic carbocycles. The van der Waals surface area contributed by atoms with Crippen molar-refractivity contribution >= 4 is 16.1 Å². The van der Waals surface area contributed by atoms with Gasteiger partial charge in [0.05, 0.1) is 25.3 Å². The van der Waals surface area contributed by atoms with Crippen molar-refractivity contribution in [1.82, 2.24) is 15.2 Å². The number of carbonyl (C=O) groups is 1. The normalized spacial score (nSPS) is 14.0. The highest BCUT2D eigenvalue weighted by Crippen LogP contribution is 2.28. The van der Waals surface area contributed by atoms with Crippen molar-refractivity contribution in [3.05, 3.63) is 52.9 Å². The van der Waals surface area contributed by atoms with Gasteiger partial charge in [0, 0.05) is 31.5 Å². The van der Waals surface area contributed by atoms with Crippen LogP contribution in [0.1, 0.15) is 70.9 Å². The van der Waals surface area contributed by atoms with Gasteiger partial charge in [-0.25, -0.2) is 13.5 Å². The summed E-state index contributed by atoms with van der Waals surface area (Å²) in [5.74, 6) is -1.30. The zero-order valence-corrected chi connectivity index (χ0v) is 24.4. The molecule has 0 spiro atoms. The molecule has 1 aromatic carbocycles. The van der Waals surface area contributed by atoms with Crippen LogP contribution in [0.2, 0.25) is 0 Å². The Morgan fingerprint density at radius 2 is 1.67 bits per heavy atom. The zero-order chi connectivity index (χ0) is 29.2. The van der Waals surface area contributed by atoms with Gasteiger partial charge in [-0.1, -0.05) is 39.8 Å². The Morgan fingerprint density at radius 1 is 1.05 bits per heavy atom. The van der Waals surface area contributed by atoms with Gasteiger partial charge >= 0.3 is 10.2 Å². The fourth-order valence-electron chi connectivity index (χ4n) is 4.95. The Bertz CT molecular complexity index is 1150. The van der Waals surface area contributed by atoms with E-state index in [2.05, 4.69) is 29.0 Å². The smallest absolute Gasteiger partial charge is 0.386 e. The molecule has 0 aliphatic rings. The average molecular weight is 574 g/mol. The fraction of sp³-hybridized carbons (Fsp3) is 0.630. The van der Waals surface area contributed by atoms with E-state index in [9.17, 15) is 27.1 Å². The maximum absolute atomic E-state index is 14.1. The van der Waals surface area contributed by atoms with Crippen molar-refractivity contribution in [2.24, 2.45) is 5.92 Å². The van der Waals surface area contributed by atoms with E-state index in [4.69, 9.17) is 4.52 Å². The summed E-state index contributed by atoms with van der Waals surface area (Å²) in [4.78, 5) is 12.2. The van der Waals surface area contributed by atoms with Gasteiger partial charge in [-0.3, -0.25) is 4.79 Å². The molecule has 0 aliphatic heterocycles. The first-order chi connectivity index (χ1) is 18.4. The quantitative estimate of drug-likeness (QED) is 0.247. The van der Waals surface area contributed by atoms with E-state index in [1.165, 1.54) is 0 Å². The van der Waals surface area contributed by atoms with Crippen LogP contribution in [0.5, 0.6) is 0 Å². The molecular formula is C27H43F2N4O5S+. The second-order valence-corrected chi connectivity index (χ2v) is 12.3. The number of carbonyl (C=O) groups excluding carboxylic acids is 1. The molecular weight excluding hydrogens is 530 g/mol. The van der Waals surface area contributed by atoms with Gasteiger partial charge in [-0.2, -0.15) is 12.3 Å². The fourth-order valence-corrected chi connectivity index (χ4v) is 6.98. The first-order valence-corrected chi connectivity index (χ1v) is 15.0. The van der Waals surface area contributed by atoms with Crippen LogP contribution in [0, 0.1) is 17.6 Å². The molecule has 2 rings (SSSR count). The van der Waals surface area contributed by atoms with Crippen molar-refractivity contribution in [3.8, 4) is 0 Å². The van der Waals surface area contributed by atoms with Gasteiger partial charge in [0.15, 0.2) is 5.76 Å². The van der Waals surface area contributed by atoms with E-state index < -0.39 is 43.8 Å². The molecule has 0 radical (unpaired) electrons. The lowest BCUT2D eigenvalue weighted by molar-refractivity contribution is -0.838. The third-order valence-corrected chi connectivity index (χ3v) is 8.62. The molecule has 2 unspecified atom stereocenters. The SMILES string of the molecule is CCC[N+](CCC)(C(Cc1cc(F)cc(F)c1)C(O)CNCc1cc(CC(C)C)no1)S(=O)(=O)NC(=O)CC. The van der Waals surface area contributed by atoms with E-state index in [0.717, 1.165) is 30.3 Å². The first kappa shape index (κ1) is 32.8. The molecule has 1 aromatic heterocycles. The molecule has 9 nitrogen and oxygen atoms in total. The maximum atomic E-state index is 14.1. The van der Waals surface area contributed by atoms with Crippen molar-refractivity contribution in [2.45, 2.75) is 85.4 Å². The zero-order valence-electron chi connectivity index (χ0n) is 23.5. The highest BCUT2D eigenvalue weighted by molar-refractivity contribution is 7.84. The Hall–Kier alpha value is -2.41. The lowest BCUT2D eigenvalue weighted by Crippen LogP contribution is -2.68. The number of hydrogen-bond acceptors (Lipinski definition) is 7. The third kappa shape index (κ3) is 9.06. The molecule has 12 heteroatoms. The summed E-state index contributed by atoms with van der Waals surface area (Å²) in [5.41, 5.74) is 1.02. The number of hydrogen-bond donors (Lipinski definition) is 3. The monoisotopic (exact) mass is 573 g/mol. The molecule has 0 bridgehead atoms. The van der Waals surface area contributed by atoms with E-state index in [0.29, 0.717) is 24.5 Å². The standard InChI is InChI=1S/C27H42F2N4O5S/c1-6-9-33(10-7-2,39(36,37)32-27(35)8-3)25(14-20-12-21(28)15-22(29)13-20)26(34)18-30-17-24-16-23(31-38-24)11-19(4)5/h12-13,15-16,19,25-26,30,34H,6-11,14,17-18H2,1-5H3/p+1. The summed E-state index contributed by atoms with van der Waals surface area (Å²) in [6.45, 7) is 9.67. The van der Waals surface area contributed by atoms with Crippen LogP contribution in [-0.4, -0.2) is 60.3 Å². The number of amides is 1. The van der Waals surface area contributed by atoms with E-state index in [-0.39, 0.29) is 44.6 Å². The number of nitrogens with zero attached hydrogens (tertiary/aromatic N) is 2. The number of quaternary nitrogens is 1. The number of aliphatic hydroxyl groups excluding tert-OH is 1. The van der Waals surface area contributed by atoms with E-state index in [1.54, 1.807) is 6.92 Å². The molecule has 0 fully saturated rings. The van der Waals surface area contributed by atoms with Gasteiger partial charge in [0.2, 0.25) is 5.91 Å². The minimum absolute atomic E-state index is 0.0344. The summed E-state index contributed by atoms with van der Waals surface area (Å²) in [6, 6.07) is 3.77. The molecule has 39 heavy (non-hydrogen) atoms. The second-order valence-electron chi connectivity index (χ2n) is 10.4. The predicted molar refractivity (Wildman–Crippen MR) is 145 cm³/mol. The summed E-state index contributed by atoms with van der Waals surface area (Å²) in [6.07, 6.45) is 0.156. The van der Waals surface area contributed by atoms with Crippen molar-refractivity contribution < 1.29 is 35.5 Å². The van der Waals surface area contributed by atoms with E-state index >= 15 is 0 Å². The highest BCUT2D eigenvalue weighted by Gasteiger charge is 2.51. The van der Waals surface area contributed by atoms with Crippen molar-refractivity contribution in [2.75, 3.05) is 19.6 Å².